The minimum Gasteiger partial charge on any atom is -0.453 e. The topological polar surface area (TPSA) is 160 Å². The number of H-pyrrole nitrogens is 2. The maximum absolute atomic E-state index is 17.0. The molecule has 3 aliphatic heterocycles. The fourth-order valence-corrected chi connectivity index (χ4v) is 8.30. The van der Waals surface area contributed by atoms with E-state index in [0.29, 0.717) is 51.6 Å². The molecule has 2 amide bonds. The number of amides is 2. The Balaban J connectivity index is 0.000000340. The van der Waals surface area contributed by atoms with Crippen molar-refractivity contribution in [1.29, 1.82) is 5.26 Å². The number of hydrogen-bond acceptors (Lipinski definition) is 8. The molecule has 12 nitrogen and oxygen atoms in total. The SMILES string of the molecule is C1NC2CC1C2.COC(=O)N1CCCC1c1cc2c(-c3ccc(C(=O)N(C)C)nc3)nc3c(F)c(-c4cccc(Cl)c4Cl)c(CCC#N)cc3c2[nH]1.O=c1cccc[nH]1. The van der Waals surface area contributed by atoms with E-state index in [1.165, 1.54) is 37.5 Å². The van der Waals surface area contributed by atoms with Crippen LogP contribution in [0.15, 0.2) is 77.9 Å². The summed E-state index contributed by atoms with van der Waals surface area (Å²) in [5.74, 6) is 0.212. The monoisotopic (exact) mass is 836 g/mol. The van der Waals surface area contributed by atoms with Crippen molar-refractivity contribution < 1.29 is 18.7 Å². The van der Waals surface area contributed by atoms with Gasteiger partial charge in [-0.1, -0.05) is 41.4 Å². The number of likely N-dealkylation sites (tertiary alicyclic amines) is 1. The number of fused-ring (bicyclic) bond motifs is 4. The zero-order valence-corrected chi connectivity index (χ0v) is 34.3. The molecule has 4 fully saturated rings. The summed E-state index contributed by atoms with van der Waals surface area (Å²) in [6, 6.07) is 19.8. The van der Waals surface area contributed by atoms with Crippen LogP contribution >= 0.6 is 23.2 Å². The normalized spacial score (nSPS) is 17.6. The average Bonchev–Trinajstić information content (AvgIpc) is 4.07. The van der Waals surface area contributed by atoms with Crippen LogP contribution in [0.25, 0.3) is 44.2 Å². The van der Waals surface area contributed by atoms with E-state index in [1.54, 1.807) is 73.9 Å². The lowest BCUT2D eigenvalue weighted by atomic mass is 9.87. The second-order valence-corrected chi connectivity index (χ2v) is 15.8. The molecule has 0 radical (unpaired) electrons. The van der Waals surface area contributed by atoms with Gasteiger partial charge in [0.2, 0.25) is 5.56 Å². The molecule has 7 heterocycles. The van der Waals surface area contributed by atoms with E-state index in [2.05, 4.69) is 26.3 Å². The Kier molecular flexibility index (Phi) is 12.6. The molecule has 10 rings (SSSR count). The summed E-state index contributed by atoms with van der Waals surface area (Å²) in [6.07, 6.45) is 7.59. The number of carbonyl (C=O) groups excluding carboxylic acids is 2. The number of hydrogen-bond donors (Lipinski definition) is 3. The van der Waals surface area contributed by atoms with E-state index >= 15 is 4.39 Å². The van der Waals surface area contributed by atoms with Crippen LogP contribution in [-0.4, -0.2) is 82.1 Å². The maximum Gasteiger partial charge on any atom is 0.410 e. The summed E-state index contributed by atoms with van der Waals surface area (Å²) < 4.78 is 22.0. The number of rotatable bonds is 6. The van der Waals surface area contributed by atoms with Crippen LogP contribution in [0, 0.1) is 23.1 Å². The van der Waals surface area contributed by atoms with Gasteiger partial charge in [-0.3, -0.25) is 19.5 Å². The Morgan fingerprint density at radius 2 is 1.90 bits per heavy atom. The zero-order valence-electron chi connectivity index (χ0n) is 32.8. The standard InChI is InChI=1S/C34H29Cl2FN6O3.C5H5NO.C5H9N/c1-42(2)33(44)24-12-11-19(17-39-24)30-22-16-25(26-10-6-14-43(26)34(45)46-3)40-31(22)21-15-18(7-5-13-38)27(29(37)32(21)41-30)20-8-4-9-23(35)28(20)36;7-5-3-1-2-4-6-5;1-4-2-5(1)6-3-4/h4,8-9,11-12,15-17,26,40H,5-7,10,14H2,1-3H3;1-4H,(H,6,7);4-6H,1-3H2. The number of methoxy groups -OCH3 is 1. The maximum atomic E-state index is 17.0. The highest BCUT2D eigenvalue weighted by molar-refractivity contribution is 6.43. The number of ether oxygens (including phenoxy) is 1. The van der Waals surface area contributed by atoms with Crippen LogP contribution in [0.4, 0.5) is 9.18 Å². The quantitative estimate of drug-likeness (QED) is 0.150. The van der Waals surface area contributed by atoms with Gasteiger partial charge in [-0.25, -0.2) is 14.2 Å². The highest BCUT2D eigenvalue weighted by Gasteiger charge is 2.35. The van der Waals surface area contributed by atoms with Crippen LogP contribution in [0.5, 0.6) is 0 Å². The van der Waals surface area contributed by atoms with Crippen LogP contribution in [-0.2, 0) is 11.2 Å². The molecule has 2 aromatic carbocycles. The Morgan fingerprint density at radius 3 is 2.49 bits per heavy atom. The van der Waals surface area contributed by atoms with Crippen molar-refractivity contribution in [1.82, 2.24) is 35.1 Å². The molecule has 3 saturated heterocycles. The molecule has 304 valence electrons. The second-order valence-electron chi connectivity index (χ2n) is 15.0. The van der Waals surface area contributed by atoms with Crippen molar-refractivity contribution in [2.45, 2.75) is 50.6 Å². The van der Waals surface area contributed by atoms with Crippen LogP contribution in [0.2, 0.25) is 10.0 Å². The molecule has 1 unspecified atom stereocenters. The third-order valence-electron chi connectivity index (χ3n) is 10.9. The number of nitriles is 1. The molecule has 59 heavy (non-hydrogen) atoms. The summed E-state index contributed by atoms with van der Waals surface area (Å²) in [5, 5.41) is 14.5. The number of halogens is 3. The summed E-state index contributed by atoms with van der Waals surface area (Å²) in [4.78, 5) is 53.7. The van der Waals surface area contributed by atoms with Gasteiger partial charge in [-0.15, -0.1) is 0 Å². The number of pyridine rings is 3. The molecular formula is C44H43Cl2FN8O4. The highest BCUT2D eigenvalue weighted by atomic mass is 35.5. The lowest BCUT2D eigenvalue weighted by Gasteiger charge is -2.22. The van der Waals surface area contributed by atoms with Gasteiger partial charge >= 0.3 is 6.09 Å². The summed E-state index contributed by atoms with van der Waals surface area (Å²) in [6.45, 7) is 1.85. The number of carbonyl (C=O) groups is 2. The van der Waals surface area contributed by atoms with Gasteiger partial charge in [0.05, 0.1) is 40.5 Å². The molecule has 6 aromatic rings. The van der Waals surface area contributed by atoms with Crippen molar-refractivity contribution in [2.75, 3.05) is 34.3 Å². The molecule has 4 aromatic heterocycles. The van der Waals surface area contributed by atoms with Crippen molar-refractivity contribution >= 4 is 57.0 Å². The minimum atomic E-state index is -0.613. The lowest BCUT2D eigenvalue weighted by Crippen LogP contribution is -2.30. The minimum absolute atomic E-state index is 0.0532. The van der Waals surface area contributed by atoms with Crippen molar-refractivity contribution in [3.05, 3.63) is 116 Å². The van der Waals surface area contributed by atoms with E-state index in [4.69, 9.17) is 32.9 Å². The van der Waals surface area contributed by atoms with E-state index in [0.717, 1.165) is 24.1 Å². The third kappa shape index (κ3) is 8.66. The Morgan fingerprint density at radius 1 is 1.08 bits per heavy atom. The second kappa shape index (κ2) is 18.0. The highest BCUT2D eigenvalue weighted by Crippen LogP contribution is 2.43. The number of aryl methyl sites for hydroxylation is 1. The fraction of sp³-hybridized carbons (Fsp3) is 0.318. The molecule has 1 saturated carbocycles. The van der Waals surface area contributed by atoms with Gasteiger partial charge in [0.25, 0.3) is 5.91 Å². The predicted molar refractivity (Wildman–Crippen MR) is 227 cm³/mol. The van der Waals surface area contributed by atoms with E-state index in [9.17, 15) is 19.6 Å². The van der Waals surface area contributed by atoms with Gasteiger partial charge in [0.1, 0.15) is 11.2 Å². The molecular weight excluding hydrogens is 794 g/mol. The molecule has 2 bridgehead atoms. The lowest BCUT2D eigenvalue weighted by molar-refractivity contribution is 0.0822. The number of nitrogens with one attached hydrogen (secondary N) is 3. The Hall–Kier alpha value is -5.81. The average molecular weight is 838 g/mol. The number of aromatic amines is 2. The third-order valence-corrected chi connectivity index (χ3v) is 11.7. The van der Waals surface area contributed by atoms with Gasteiger partial charge in [-0.05, 0) is 86.5 Å². The molecule has 0 spiro atoms. The van der Waals surface area contributed by atoms with Gasteiger partial charge in [0.15, 0.2) is 5.82 Å². The molecule has 4 aliphatic rings. The molecule has 15 heteroatoms. The van der Waals surface area contributed by atoms with E-state index in [1.807, 2.05) is 12.1 Å². The summed E-state index contributed by atoms with van der Waals surface area (Å²) >= 11 is 12.9. The van der Waals surface area contributed by atoms with Crippen molar-refractivity contribution in [2.24, 2.45) is 5.92 Å². The Labute approximate surface area is 350 Å². The van der Waals surface area contributed by atoms with Crippen LogP contribution in [0.3, 0.4) is 0 Å². The molecule has 1 aliphatic carbocycles. The van der Waals surface area contributed by atoms with Crippen molar-refractivity contribution in [3.63, 3.8) is 0 Å². The molecule has 1 atom stereocenters. The zero-order chi connectivity index (χ0) is 41.8. The smallest absolute Gasteiger partial charge is 0.410 e. The van der Waals surface area contributed by atoms with Crippen LogP contribution in [0.1, 0.15) is 59.9 Å². The first kappa shape index (κ1) is 41.4. The number of aromatic nitrogens is 4. The van der Waals surface area contributed by atoms with Gasteiger partial charge < -0.3 is 24.9 Å². The predicted octanol–water partition coefficient (Wildman–Crippen LogP) is 8.70. The fourth-order valence-electron chi connectivity index (χ4n) is 7.91. The number of benzene rings is 2. The Bertz CT molecular complexity index is 2590. The largest absolute Gasteiger partial charge is 0.453 e. The summed E-state index contributed by atoms with van der Waals surface area (Å²) in [7, 11) is 4.64. The van der Waals surface area contributed by atoms with Crippen molar-refractivity contribution in [3.8, 4) is 28.5 Å². The molecule has 3 N–H and O–H groups in total. The first-order valence-corrected chi connectivity index (χ1v) is 20.1. The van der Waals surface area contributed by atoms with Gasteiger partial charge in [0, 0.05) is 84.7 Å². The number of nitrogens with zero attached hydrogens (tertiary/aromatic N) is 5. The summed E-state index contributed by atoms with van der Waals surface area (Å²) in [5.41, 5.74) is 3.84. The van der Waals surface area contributed by atoms with E-state index < -0.39 is 11.9 Å². The van der Waals surface area contributed by atoms with Crippen LogP contribution < -0.4 is 10.9 Å². The first-order chi connectivity index (χ1) is 28.5. The first-order valence-electron chi connectivity index (χ1n) is 19.4. The van der Waals surface area contributed by atoms with E-state index in [-0.39, 0.29) is 57.2 Å². The van der Waals surface area contributed by atoms with Gasteiger partial charge in [-0.2, -0.15) is 5.26 Å².